The molecule has 0 radical (unpaired) electrons. The van der Waals surface area contributed by atoms with Gasteiger partial charge in [-0.25, -0.2) is 0 Å². The number of hydrogen-bond acceptors (Lipinski definition) is 6. The smallest absolute Gasteiger partial charge is 0.272 e. The number of rotatable bonds is 2. The molecule has 1 rings (SSSR count). The van der Waals surface area contributed by atoms with Gasteiger partial charge < -0.3 is 30.5 Å². The van der Waals surface area contributed by atoms with E-state index in [0.717, 1.165) is 0 Å². The van der Waals surface area contributed by atoms with Gasteiger partial charge in [0.05, 0.1) is 6.61 Å². The van der Waals surface area contributed by atoms with Crippen LogP contribution >= 0.6 is 34.8 Å². The molecule has 1 aliphatic rings. The lowest BCUT2D eigenvalue weighted by molar-refractivity contribution is -0.253. The Morgan fingerprint density at radius 3 is 2.22 bits per heavy atom. The Labute approximate surface area is 117 Å². The Morgan fingerprint density at radius 1 is 1.22 bits per heavy atom. The molecule has 7 nitrogen and oxygen atoms in total. The van der Waals surface area contributed by atoms with E-state index in [-0.39, 0.29) is 0 Å². The van der Waals surface area contributed by atoms with E-state index in [2.05, 4.69) is 0 Å². The Kier molecular flexibility index (Phi) is 5.45. The lowest BCUT2D eigenvalue weighted by atomic mass is 9.97. The van der Waals surface area contributed by atoms with E-state index in [0.29, 0.717) is 0 Å². The first-order valence-corrected chi connectivity index (χ1v) is 6.00. The number of nitrogens with one attached hydrogen (secondary N) is 1. The van der Waals surface area contributed by atoms with Gasteiger partial charge in [0.2, 0.25) is 0 Å². The standard InChI is InChI=1S/C8H12Cl3NO6/c9-8(10,11)7(17)12-3-5(15)4(14)2(1-13)18-6(3)16/h2-6,13-16H,1H2,(H,12,17)/t2-,3+,4-,5-,6?/m1/s1. The Morgan fingerprint density at radius 2 is 1.78 bits per heavy atom. The van der Waals surface area contributed by atoms with Gasteiger partial charge in [-0.15, -0.1) is 0 Å². The van der Waals surface area contributed by atoms with Crippen LogP contribution in [0.25, 0.3) is 0 Å². The van der Waals surface area contributed by atoms with Crippen molar-refractivity contribution in [2.24, 2.45) is 0 Å². The number of aliphatic hydroxyl groups is 4. The van der Waals surface area contributed by atoms with Gasteiger partial charge in [0.1, 0.15) is 24.4 Å². The number of carbonyl (C=O) groups is 1. The highest BCUT2D eigenvalue weighted by Crippen LogP contribution is 2.27. The molecule has 1 fully saturated rings. The Balaban J connectivity index is 2.74. The first-order valence-electron chi connectivity index (χ1n) is 4.86. The lowest BCUT2D eigenvalue weighted by Crippen LogP contribution is -2.65. The predicted octanol–water partition coefficient (Wildman–Crippen LogP) is -1.73. The first-order chi connectivity index (χ1) is 8.18. The van der Waals surface area contributed by atoms with Crippen molar-refractivity contribution in [2.45, 2.75) is 34.4 Å². The molecule has 18 heavy (non-hydrogen) atoms. The zero-order chi connectivity index (χ0) is 14.1. The first kappa shape index (κ1) is 16.2. The fraction of sp³-hybridized carbons (Fsp3) is 0.875. The number of aliphatic hydroxyl groups excluding tert-OH is 4. The van der Waals surface area contributed by atoms with Crippen LogP contribution in [0.15, 0.2) is 0 Å². The van der Waals surface area contributed by atoms with Crippen molar-refractivity contribution in [3.05, 3.63) is 0 Å². The van der Waals surface area contributed by atoms with Crippen LogP contribution in [0.5, 0.6) is 0 Å². The summed E-state index contributed by atoms with van der Waals surface area (Å²) < 4.78 is 2.52. The van der Waals surface area contributed by atoms with Crippen LogP contribution < -0.4 is 5.32 Å². The molecule has 10 heteroatoms. The van der Waals surface area contributed by atoms with E-state index >= 15 is 0 Å². The van der Waals surface area contributed by atoms with Gasteiger partial charge in [-0.2, -0.15) is 0 Å². The number of hydrogen-bond donors (Lipinski definition) is 5. The summed E-state index contributed by atoms with van der Waals surface area (Å²) in [7, 11) is 0. The highest BCUT2D eigenvalue weighted by atomic mass is 35.6. The Bertz CT molecular complexity index is 312. The van der Waals surface area contributed by atoms with Gasteiger partial charge in [0.25, 0.3) is 9.70 Å². The van der Waals surface area contributed by atoms with Gasteiger partial charge in [0.15, 0.2) is 6.29 Å². The monoisotopic (exact) mass is 323 g/mol. The summed E-state index contributed by atoms with van der Waals surface area (Å²) in [4.78, 5) is 11.4. The van der Waals surface area contributed by atoms with Crippen molar-refractivity contribution < 1.29 is 30.0 Å². The molecule has 1 heterocycles. The molecule has 1 aliphatic heterocycles. The van der Waals surface area contributed by atoms with Gasteiger partial charge in [-0.05, 0) is 0 Å². The number of amides is 1. The van der Waals surface area contributed by atoms with Crippen molar-refractivity contribution in [1.29, 1.82) is 0 Å². The summed E-state index contributed by atoms with van der Waals surface area (Å²) in [5.41, 5.74) is 0. The molecule has 1 amide bonds. The van der Waals surface area contributed by atoms with Gasteiger partial charge in [0, 0.05) is 0 Å². The number of carbonyl (C=O) groups excluding carboxylic acids is 1. The molecule has 5 atom stereocenters. The molecule has 1 unspecified atom stereocenters. The average molecular weight is 325 g/mol. The minimum Gasteiger partial charge on any atom is -0.394 e. The van der Waals surface area contributed by atoms with Crippen molar-refractivity contribution in [3.63, 3.8) is 0 Å². The van der Waals surface area contributed by atoms with Crippen molar-refractivity contribution >= 4 is 40.7 Å². The van der Waals surface area contributed by atoms with Gasteiger partial charge >= 0.3 is 0 Å². The van der Waals surface area contributed by atoms with Crippen LogP contribution in [0.2, 0.25) is 0 Å². The molecule has 1 saturated heterocycles. The zero-order valence-electron chi connectivity index (χ0n) is 8.83. The molecule has 0 aromatic carbocycles. The van der Waals surface area contributed by atoms with Crippen LogP contribution in [0.3, 0.4) is 0 Å². The fourth-order valence-electron chi connectivity index (χ4n) is 1.49. The second kappa shape index (κ2) is 6.06. The van der Waals surface area contributed by atoms with E-state index in [1.54, 1.807) is 0 Å². The molecule has 5 N–H and O–H groups in total. The maximum atomic E-state index is 11.4. The average Bonchev–Trinajstić information content (AvgIpc) is 2.27. The van der Waals surface area contributed by atoms with Crippen molar-refractivity contribution in [1.82, 2.24) is 5.32 Å². The van der Waals surface area contributed by atoms with Gasteiger partial charge in [-0.1, -0.05) is 34.8 Å². The highest BCUT2D eigenvalue weighted by Gasteiger charge is 2.46. The van der Waals surface area contributed by atoms with Crippen LogP contribution in [0.4, 0.5) is 0 Å². The van der Waals surface area contributed by atoms with E-state index in [1.165, 1.54) is 0 Å². The second-order valence-corrected chi connectivity index (χ2v) is 6.01. The van der Waals surface area contributed by atoms with Crippen LogP contribution in [-0.4, -0.2) is 67.4 Å². The third-order valence-corrected chi connectivity index (χ3v) is 2.97. The zero-order valence-corrected chi connectivity index (χ0v) is 11.1. The third-order valence-electron chi connectivity index (χ3n) is 2.46. The maximum Gasteiger partial charge on any atom is 0.272 e. The molecule has 0 aliphatic carbocycles. The second-order valence-electron chi connectivity index (χ2n) is 3.73. The molecule has 0 aromatic heterocycles. The molecular weight excluding hydrogens is 312 g/mol. The molecule has 0 spiro atoms. The summed E-state index contributed by atoms with van der Waals surface area (Å²) in [5, 5.41) is 39.6. The summed E-state index contributed by atoms with van der Waals surface area (Å²) >= 11 is 15.9. The number of ether oxygens (including phenoxy) is 1. The minimum atomic E-state index is -2.28. The molecule has 106 valence electrons. The Hall–Kier alpha value is 0.140. The highest BCUT2D eigenvalue weighted by molar-refractivity contribution is 6.76. The summed E-state index contributed by atoms with van der Waals surface area (Å²) in [6.45, 7) is -0.611. The number of alkyl halides is 3. The normalized spacial score (nSPS) is 37.4. The molecule has 0 bridgehead atoms. The van der Waals surface area contributed by atoms with Crippen LogP contribution in [-0.2, 0) is 9.53 Å². The quantitative estimate of drug-likeness (QED) is 0.385. The SMILES string of the molecule is O=C(N[C@@H]1C(O)O[C@H](CO)[C@@H](O)[C@@H]1O)C(Cl)(Cl)Cl. The minimum absolute atomic E-state index is 0.611. The summed E-state index contributed by atoms with van der Waals surface area (Å²) in [6.07, 6.45) is -5.91. The third kappa shape index (κ3) is 3.58. The summed E-state index contributed by atoms with van der Waals surface area (Å²) in [6, 6.07) is -1.38. The molecular formula is C8H12Cl3NO6. The van der Waals surface area contributed by atoms with Crippen molar-refractivity contribution in [2.75, 3.05) is 6.61 Å². The van der Waals surface area contributed by atoms with E-state index in [1.807, 2.05) is 5.32 Å². The predicted molar refractivity (Wildman–Crippen MR) is 62.2 cm³/mol. The van der Waals surface area contributed by atoms with Gasteiger partial charge in [-0.3, -0.25) is 4.79 Å². The van der Waals surface area contributed by atoms with Crippen LogP contribution in [0.1, 0.15) is 0 Å². The fourth-order valence-corrected chi connectivity index (χ4v) is 1.65. The topological polar surface area (TPSA) is 119 Å². The number of halogens is 3. The van der Waals surface area contributed by atoms with Crippen LogP contribution in [0, 0.1) is 0 Å². The lowest BCUT2D eigenvalue weighted by Gasteiger charge is -2.40. The van der Waals surface area contributed by atoms with E-state index < -0.39 is 47.0 Å². The van der Waals surface area contributed by atoms with E-state index in [9.17, 15) is 20.1 Å². The van der Waals surface area contributed by atoms with Crippen molar-refractivity contribution in [3.8, 4) is 0 Å². The maximum absolute atomic E-state index is 11.4. The molecule has 0 saturated carbocycles. The molecule has 0 aromatic rings. The largest absolute Gasteiger partial charge is 0.394 e. The summed E-state index contributed by atoms with van der Waals surface area (Å²) in [5.74, 6) is -1.09. The van der Waals surface area contributed by atoms with E-state index in [4.69, 9.17) is 44.6 Å².